The normalized spacial score (nSPS) is 12.0. The van der Waals surface area contributed by atoms with Gasteiger partial charge in [0.1, 0.15) is 5.75 Å². The number of carbonyl (C=O) groups is 2. The van der Waals surface area contributed by atoms with Gasteiger partial charge in [-0.3, -0.25) is 15.0 Å². The third-order valence-electron chi connectivity index (χ3n) is 3.07. The van der Waals surface area contributed by atoms with Gasteiger partial charge in [-0.1, -0.05) is 32.9 Å². The molecule has 1 aromatic carbocycles. The Bertz CT molecular complexity index is 519. The van der Waals surface area contributed by atoms with Crippen LogP contribution in [-0.4, -0.2) is 37.2 Å². The van der Waals surface area contributed by atoms with Crippen molar-refractivity contribution in [3.63, 3.8) is 0 Å². The van der Waals surface area contributed by atoms with Gasteiger partial charge in [0, 0.05) is 6.54 Å². The van der Waals surface area contributed by atoms with Crippen molar-refractivity contribution in [1.82, 2.24) is 16.2 Å². The number of hydrogen-bond acceptors (Lipinski definition) is 5. The monoisotopic (exact) mass is 361 g/mol. The number of ether oxygens (including phenoxy) is 1. The van der Waals surface area contributed by atoms with Crippen LogP contribution in [0.4, 0.5) is 8.78 Å². The Morgan fingerprint density at radius 3 is 2.20 bits per heavy atom. The molecule has 4 N–H and O–H groups in total. The molecule has 0 aliphatic rings. The van der Waals surface area contributed by atoms with E-state index in [1.165, 1.54) is 12.1 Å². The predicted molar refractivity (Wildman–Crippen MR) is 89.1 cm³/mol. The first-order chi connectivity index (χ1) is 11.6. The van der Waals surface area contributed by atoms with Crippen LogP contribution in [0.2, 0.25) is 0 Å². The second kappa shape index (κ2) is 11.3. The van der Waals surface area contributed by atoms with Gasteiger partial charge in [0.05, 0.1) is 6.04 Å². The van der Waals surface area contributed by atoms with Crippen LogP contribution >= 0.6 is 0 Å². The highest BCUT2D eigenvalue weighted by molar-refractivity contribution is 5.82. The van der Waals surface area contributed by atoms with E-state index in [0.717, 1.165) is 5.56 Å². The van der Waals surface area contributed by atoms with Gasteiger partial charge in [-0.2, -0.15) is 8.78 Å². The molecule has 0 aromatic heterocycles. The number of carboxylic acid groups (broad SMARTS) is 1. The van der Waals surface area contributed by atoms with Crippen LogP contribution in [-0.2, 0) is 16.1 Å². The summed E-state index contributed by atoms with van der Waals surface area (Å²) >= 11 is 0. The van der Waals surface area contributed by atoms with Crippen molar-refractivity contribution >= 4 is 12.4 Å². The summed E-state index contributed by atoms with van der Waals surface area (Å²) in [7, 11) is 1.73. The molecule has 0 aliphatic heterocycles. The smallest absolute Gasteiger partial charge is 0.387 e. The molecule has 0 heterocycles. The number of alkyl halides is 2. The molecule has 1 unspecified atom stereocenters. The van der Waals surface area contributed by atoms with E-state index in [0.29, 0.717) is 6.54 Å². The van der Waals surface area contributed by atoms with Crippen molar-refractivity contribution < 1.29 is 28.2 Å². The van der Waals surface area contributed by atoms with Crippen molar-refractivity contribution in [2.75, 3.05) is 7.05 Å². The summed E-state index contributed by atoms with van der Waals surface area (Å²) in [6.45, 7) is 3.20. The third-order valence-corrected chi connectivity index (χ3v) is 3.07. The maximum absolute atomic E-state index is 12.0. The summed E-state index contributed by atoms with van der Waals surface area (Å²) in [5.74, 6) is -0.0570. The van der Waals surface area contributed by atoms with E-state index in [4.69, 9.17) is 9.90 Å². The van der Waals surface area contributed by atoms with E-state index >= 15 is 0 Å². The summed E-state index contributed by atoms with van der Waals surface area (Å²) in [6, 6.07) is 5.88. The van der Waals surface area contributed by atoms with Gasteiger partial charge >= 0.3 is 6.61 Å². The zero-order chi connectivity index (χ0) is 19.5. The lowest BCUT2D eigenvalue weighted by molar-refractivity contribution is -0.126. The summed E-state index contributed by atoms with van der Waals surface area (Å²) in [4.78, 5) is 20.4. The molecule has 1 atom stereocenters. The van der Waals surface area contributed by atoms with Crippen LogP contribution in [0.25, 0.3) is 0 Å². The fourth-order valence-electron chi connectivity index (χ4n) is 2.05. The Kier molecular flexibility index (Phi) is 10.3. The summed E-state index contributed by atoms with van der Waals surface area (Å²) in [5, 5.41) is 9.87. The highest BCUT2D eigenvalue weighted by Gasteiger charge is 2.29. The van der Waals surface area contributed by atoms with Crippen molar-refractivity contribution in [2.24, 2.45) is 5.41 Å². The van der Waals surface area contributed by atoms with Crippen molar-refractivity contribution in [1.29, 1.82) is 0 Å². The van der Waals surface area contributed by atoms with E-state index in [1.54, 1.807) is 19.2 Å². The molecule has 0 spiro atoms. The first-order valence-electron chi connectivity index (χ1n) is 7.47. The van der Waals surface area contributed by atoms with Crippen LogP contribution in [0.5, 0.6) is 5.75 Å². The molecule has 0 radical (unpaired) electrons. The Balaban J connectivity index is 0.00000178. The number of nitrogens with one attached hydrogen (secondary N) is 3. The molecule has 7 nitrogen and oxygen atoms in total. The number of hydrogen-bond donors (Lipinski definition) is 4. The largest absolute Gasteiger partial charge is 0.483 e. The lowest BCUT2D eigenvalue weighted by atomic mass is 9.86. The van der Waals surface area contributed by atoms with Crippen molar-refractivity contribution in [3.05, 3.63) is 29.8 Å². The molecule has 142 valence electrons. The minimum Gasteiger partial charge on any atom is -0.483 e. The van der Waals surface area contributed by atoms with Crippen molar-refractivity contribution in [3.8, 4) is 5.75 Å². The number of hydrazine groups is 1. The highest BCUT2D eigenvalue weighted by atomic mass is 19.3. The number of amides is 1. The first-order valence-corrected chi connectivity index (χ1v) is 7.47. The van der Waals surface area contributed by atoms with Gasteiger partial charge in [-0.05, 0) is 30.2 Å². The number of carbonyl (C=O) groups excluding carboxylic acids is 1. The molecule has 1 rings (SSSR count). The van der Waals surface area contributed by atoms with Crippen LogP contribution in [0.3, 0.4) is 0 Å². The van der Waals surface area contributed by atoms with E-state index in [9.17, 15) is 13.6 Å². The van der Waals surface area contributed by atoms with Gasteiger partial charge in [-0.25, -0.2) is 5.43 Å². The topological polar surface area (TPSA) is 99.7 Å². The molecule has 0 saturated carbocycles. The van der Waals surface area contributed by atoms with E-state index in [-0.39, 0.29) is 29.6 Å². The minimum absolute atomic E-state index is 0.103. The fraction of sp³-hybridized carbons (Fsp3) is 0.500. The standard InChI is InChI=1S/C15H23F2N3O2.CH2O2/c1-15(2,3)12(18-4)13(21)20-19-9-10-5-7-11(8-6-10)22-14(16)17;2-1-3/h5-8,12,14,18-19H,9H2,1-4H3,(H,20,21);1H,(H,2,3). The summed E-state index contributed by atoms with van der Waals surface area (Å²) < 4.78 is 28.3. The maximum atomic E-state index is 12.0. The molecule has 0 aliphatic carbocycles. The molecular formula is C16H25F2N3O4. The molecule has 1 amide bonds. The summed E-state index contributed by atoms with van der Waals surface area (Å²) in [5.41, 5.74) is 6.07. The van der Waals surface area contributed by atoms with E-state index < -0.39 is 6.61 Å². The quantitative estimate of drug-likeness (QED) is 0.436. The lowest BCUT2D eigenvalue weighted by Crippen LogP contribution is -2.53. The molecule has 0 fully saturated rings. The second-order valence-electron chi connectivity index (χ2n) is 6.06. The van der Waals surface area contributed by atoms with E-state index in [1.807, 2.05) is 20.8 Å². The van der Waals surface area contributed by atoms with Crippen LogP contribution in [0, 0.1) is 5.41 Å². The zero-order valence-corrected chi connectivity index (χ0v) is 14.7. The Labute approximate surface area is 145 Å². The summed E-state index contributed by atoms with van der Waals surface area (Å²) in [6.07, 6.45) is 0. The average Bonchev–Trinajstić information content (AvgIpc) is 2.48. The van der Waals surface area contributed by atoms with Gasteiger partial charge < -0.3 is 15.2 Å². The van der Waals surface area contributed by atoms with Crippen LogP contribution in [0.15, 0.2) is 24.3 Å². The molecular weight excluding hydrogens is 336 g/mol. The zero-order valence-electron chi connectivity index (χ0n) is 14.7. The van der Waals surface area contributed by atoms with Gasteiger partial charge in [0.15, 0.2) is 0 Å². The predicted octanol–water partition coefficient (Wildman–Crippen LogP) is 1.74. The molecule has 0 saturated heterocycles. The number of benzene rings is 1. The van der Waals surface area contributed by atoms with Gasteiger partial charge in [-0.15, -0.1) is 0 Å². The molecule has 1 aromatic rings. The fourth-order valence-corrected chi connectivity index (χ4v) is 2.05. The Morgan fingerprint density at radius 1 is 1.28 bits per heavy atom. The Hall–Kier alpha value is -2.26. The number of rotatable bonds is 7. The van der Waals surface area contributed by atoms with Gasteiger partial charge in [0.25, 0.3) is 12.4 Å². The molecule has 25 heavy (non-hydrogen) atoms. The molecule has 9 heteroatoms. The average molecular weight is 361 g/mol. The maximum Gasteiger partial charge on any atom is 0.387 e. The minimum atomic E-state index is -2.83. The first kappa shape index (κ1) is 22.7. The van der Waals surface area contributed by atoms with Crippen LogP contribution in [0.1, 0.15) is 26.3 Å². The van der Waals surface area contributed by atoms with Gasteiger partial charge in [0.2, 0.25) is 0 Å². The third kappa shape index (κ3) is 9.58. The SMILES string of the molecule is CNC(C(=O)NNCc1ccc(OC(F)F)cc1)C(C)(C)C.O=CO. The molecule has 0 bridgehead atoms. The highest BCUT2D eigenvalue weighted by Crippen LogP contribution is 2.18. The Morgan fingerprint density at radius 2 is 1.80 bits per heavy atom. The van der Waals surface area contributed by atoms with Crippen molar-refractivity contribution in [2.45, 2.75) is 40.0 Å². The van der Waals surface area contributed by atoms with E-state index in [2.05, 4.69) is 20.9 Å². The van der Waals surface area contributed by atoms with Crippen LogP contribution < -0.4 is 20.9 Å². The number of likely N-dealkylation sites (N-methyl/N-ethyl adjacent to an activating group) is 1. The lowest BCUT2D eigenvalue weighted by Gasteiger charge is -2.29. The number of halogens is 2. The second-order valence-corrected chi connectivity index (χ2v) is 6.06.